The highest BCUT2D eigenvalue weighted by Crippen LogP contribution is 2.22. The minimum Gasteiger partial charge on any atom is -0.278 e. The highest BCUT2D eigenvalue weighted by Gasteiger charge is 2.19. The summed E-state index contributed by atoms with van der Waals surface area (Å²) in [5.41, 5.74) is 4.55. The van der Waals surface area contributed by atoms with Crippen molar-refractivity contribution in [2.45, 2.75) is 17.6 Å². The van der Waals surface area contributed by atoms with Crippen LogP contribution in [-0.4, -0.2) is 20.0 Å². The number of hydrogen-bond acceptors (Lipinski definition) is 5. The van der Waals surface area contributed by atoms with Crippen LogP contribution in [0.15, 0.2) is 81.4 Å². The number of carbonyl (C=O) groups is 1. The maximum atomic E-state index is 12.6. The number of thiophene rings is 1. The molecule has 2 N–H and O–H groups in total. The predicted molar refractivity (Wildman–Crippen MR) is 112 cm³/mol. The summed E-state index contributed by atoms with van der Waals surface area (Å²) in [5, 5.41) is 5.90. The quantitative estimate of drug-likeness (QED) is 0.452. The van der Waals surface area contributed by atoms with Gasteiger partial charge in [0.1, 0.15) is 4.21 Å². The highest BCUT2D eigenvalue weighted by molar-refractivity contribution is 7.94. The van der Waals surface area contributed by atoms with Crippen molar-refractivity contribution in [1.82, 2.24) is 5.43 Å². The van der Waals surface area contributed by atoms with Gasteiger partial charge in [0, 0.05) is 0 Å². The Bertz CT molecular complexity index is 1080. The number of sulfonamides is 1. The molecule has 0 spiro atoms. The maximum absolute atomic E-state index is 12.6. The normalized spacial score (nSPS) is 11.8. The molecule has 3 aromatic rings. The number of hydrogen-bond donors (Lipinski definition) is 2. The molecule has 6 nitrogen and oxygen atoms in total. The van der Waals surface area contributed by atoms with Gasteiger partial charge >= 0.3 is 0 Å². The monoisotopic (exact) mass is 413 g/mol. The predicted octanol–water partition coefficient (Wildman–Crippen LogP) is 4.09. The first-order valence-corrected chi connectivity index (χ1v) is 10.9. The van der Waals surface area contributed by atoms with E-state index in [1.54, 1.807) is 35.7 Å². The Labute approximate surface area is 168 Å². The molecule has 0 atom stereocenters. The summed E-state index contributed by atoms with van der Waals surface area (Å²) >= 11 is 1.11. The molecular formula is C20H19N3O3S2. The number of nitrogens with zero attached hydrogens (tertiary/aromatic N) is 1. The second-order valence-electron chi connectivity index (χ2n) is 5.80. The van der Waals surface area contributed by atoms with E-state index in [0.29, 0.717) is 6.42 Å². The lowest BCUT2D eigenvalue weighted by atomic mass is 10.1. The third-order valence-electron chi connectivity index (χ3n) is 3.91. The minimum absolute atomic E-state index is 0.179. The van der Waals surface area contributed by atoms with E-state index in [0.717, 1.165) is 22.6 Å². The average molecular weight is 414 g/mol. The number of hydrazone groups is 1. The van der Waals surface area contributed by atoms with Crippen molar-refractivity contribution < 1.29 is 13.2 Å². The van der Waals surface area contributed by atoms with E-state index in [1.165, 1.54) is 6.07 Å². The molecule has 0 aliphatic carbocycles. The van der Waals surface area contributed by atoms with Gasteiger partial charge in [-0.15, -0.1) is 11.3 Å². The van der Waals surface area contributed by atoms with Crippen LogP contribution in [0.1, 0.15) is 29.3 Å². The van der Waals surface area contributed by atoms with E-state index in [4.69, 9.17) is 0 Å². The second-order valence-corrected chi connectivity index (χ2v) is 8.66. The van der Waals surface area contributed by atoms with Gasteiger partial charge in [-0.2, -0.15) is 5.10 Å². The van der Waals surface area contributed by atoms with Crippen LogP contribution in [0.5, 0.6) is 0 Å². The van der Waals surface area contributed by atoms with Crippen LogP contribution in [-0.2, 0) is 10.0 Å². The van der Waals surface area contributed by atoms with Crippen LogP contribution in [0.25, 0.3) is 0 Å². The first-order chi connectivity index (χ1) is 13.5. The van der Waals surface area contributed by atoms with E-state index in [9.17, 15) is 13.2 Å². The Morgan fingerprint density at radius 2 is 1.71 bits per heavy atom. The summed E-state index contributed by atoms with van der Waals surface area (Å²) in [4.78, 5) is 12.6. The lowest BCUT2D eigenvalue weighted by molar-refractivity contribution is 0.0955. The Hall–Kier alpha value is -2.97. The van der Waals surface area contributed by atoms with Gasteiger partial charge in [0.25, 0.3) is 15.9 Å². The third-order valence-corrected chi connectivity index (χ3v) is 6.67. The van der Waals surface area contributed by atoms with Crippen LogP contribution in [0, 0.1) is 0 Å². The molecular weight excluding hydrogens is 394 g/mol. The molecule has 0 bridgehead atoms. The first kappa shape index (κ1) is 19.8. The van der Waals surface area contributed by atoms with Crippen LogP contribution < -0.4 is 10.1 Å². The molecule has 1 heterocycles. The highest BCUT2D eigenvalue weighted by atomic mass is 32.2. The van der Waals surface area contributed by atoms with Crippen molar-refractivity contribution in [2.24, 2.45) is 5.10 Å². The summed E-state index contributed by atoms with van der Waals surface area (Å²) < 4.78 is 27.6. The van der Waals surface area contributed by atoms with Crippen molar-refractivity contribution in [1.29, 1.82) is 0 Å². The van der Waals surface area contributed by atoms with Gasteiger partial charge in [-0.05, 0) is 35.6 Å². The summed E-state index contributed by atoms with van der Waals surface area (Å²) in [6, 6.07) is 19.1. The van der Waals surface area contributed by atoms with Gasteiger partial charge in [0.2, 0.25) is 0 Å². The van der Waals surface area contributed by atoms with Crippen LogP contribution in [0.4, 0.5) is 5.69 Å². The Morgan fingerprint density at radius 3 is 2.39 bits per heavy atom. The zero-order valence-corrected chi connectivity index (χ0v) is 16.8. The Morgan fingerprint density at radius 1 is 1.00 bits per heavy atom. The standard InChI is InChI=1S/C20H19N3O3S2/c1-2-17(15-9-4-3-5-10-15)21-22-20(24)16-11-6-7-12-18(16)23-28(25,26)19-13-8-14-27-19/h3-14,23H,2H2,1H3,(H,22,24)/b21-17-. The van der Waals surface area contributed by atoms with E-state index in [-0.39, 0.29) is 15.5 Å². The van der Waals surface area contributed by atoms with Crippen molar-refractivity contribution in [3.8, 4) is 0 Å². The molecule has 2 aromatic carbocycles. The lowest BCUT2D eigenvalue weighted by Crippen LogP contribution is -2.22. The van der Waals surface area contributed by atoms with Crippen molar-refractivity contribution in [3.05, 3.63) is 83.2 Å². The molecule has 0 saturated carbocycles. The molecule has 144 valence electrons. The number of benzene rings is 2. The van der Waals surface area contributed by atoms with E-state index < -0.39 is 15.9 Å². The largest absolute Gasteiger partial charge is 0.278 e. The van der Waals surface area contributed by atoms with Gasteiger partial charge in [-0.25, -0.2) is 13.8 Å². The minimum atomic E-state index is -3.75. The smallest absolute Gasteiger partial charge is 0.273 e. The number of carbonyl (C=O) groups excluding carboxylic acids is 1. The number of nitrogens with one attached hydrogen (secondary N) is 2. The van der Waals surface area contributed by atoms with Gasteiger partial charge in [0.15, 0.2) is 0 Å². The van der Waals surface area contributed by atoms with Gasteiger partial charge < -0.3 is 0 Å². The van der Waals surface area contributed by atoms with Crippen LogP contribution >= 0.6 is 11.3 Å². The SMILES string of the molecule is CC/C(=N/NC(=O)c1ccccc1NS(=O)(=O)c1cccs1)c1ccccc1. The van der Waals surface area contributed by atoms with E-state index in [2.05, 4.69) is 15.2 Å². The molecule has 1 amide bonds. The summed E-state index contributed by atoms with van der Waals surface area (Å²) in [6.45, 7) is 1.95. The maximum Gasteiger partial charge on any atom is 0.273 e. The van der Waals surface area contributed by atoms with Crippen molar-refractivity contribution >= 4 is 38.7 Å². The fourth-order valence-corrected chi connectivity index (χ4v) is 4.61. The molecule has 1 aromatic heterocycles. The molecule has 28 heavy (non-hydrogen) atoms. The van der Waals surface area contributed by atoms with E-state index in [1.807, 2.05) is 37.3 Å². The number of rotatable bonds is 7. The molecule has 8 heteroatoms. The van der Waals surface area contributed by atoms with Gasteiger partial charge in [-0.1, -0.05) is 55.5 Å². The summed E-state index contributed by atoms with van der Waals surface area (Å²) in [6.07, 6.45) is 0.636. The fourth-order valence-electron chi connectivity index (χ4n) is 2.54. The molecule has 0 aliphatic rings. The molecule has 0 unspecified atom stereocenters. The average Bonchev–Trinajstić information content (AvgIpc) is 3.25. The number of anilines is 1. The molecule has 0 aliphatic heterocycles. The lowest BCUT2D eigenvalue weighted by Gasteiger charge is -2.11. The Balaban J connectivity index is 1.82. The van der Waals surface area contributed by atoms with Crippen LogP contribution in [0.2, 0.25) is 0 Å². The fraction of sp³-hybridized carbons (Fsp3) is 0.100. The molecule has 0 radical (unpaired) electrons. The van der Waals surface area contributed by atoms with Crippen LogP contribution in [0.3, 0.4) is 0 Å². The number of amides is 1. The van der Waals surface area contributed by atoms with Gasteiger partial charge in [-0.3, -0.25) is 9.52 Å². The van der Waals surface area contributed by atoms with Crippen molar-refractivity contribution in [2.75, 3.05) is 4.72 Å². The van der Waals surface area contributed by atoms with Crippen molar-refractivity contribution in [3.63, 3.8) is 0 Å². The molecule has 0 saturated heterocycles. The first-order valence-electron chi connectivity index (χ1n) is 8.59. The second kappa shape index (κ2) is 8.81. The van der Waals surface area contributed by atoms with E-state index >= 15 is 0 Å². The third kappa shape index (κ3) is 4.65. The molecule has 3 rings (SSSR count). The van der Waals surface area contributed by atoms with Gasteiger partial charge in [0.05, 0.1) is 17.0 Å². The summed E-state index contributed by atoms with van der Waals surface area (Å²) in [7, 11) is -3.75. The Kier molecular flexibility index (Phi) is 6.23. The zero-order chi connectivity index (χ0) is 20.0. The number of para-hydroxylation sites is 1. The zero-order valence-electron chi connectivity index (χ0n) is 15.1. The summed E-state index contributed by atoms with van der Waals surface area (Å²) in [5.74, 6) is -0.494. The topological polar surface area (TPSA) is 87.6 Å². The molecule has 0 fully saturated rings.